The van der Waals surface area contributed by atoms with E-state index in [1.54, 1.807) is 0 Å². The molecule has 0 spiro atoms. The summed E-state index contributed by atoms with van der Waals surface area (Å²) in [5, 5.41) is 12.5. The van der Waals surface area contributed by atoms with Crippen molar-refractivity contribution in [2.24, 2.45) is 5.41 Å². The Hall–Kier alpha value is -1.75. The summed E-state index contributed by atoms with van der Waals surface area (Å²) in [4.78, 5) is 11.9. The van der Waals surface area contributed by atoms with E-state index in [2.05, 4.69) is 36.3 Å². The topological polar surface area (TPSA) is 54.9 Å². The van der Waals surface area contributed by atoms with Crippen LogP contribution in [0.2, 0.25) is 0 Å². The largest absolute Gasteiger partial charge is 0.300 e. The number of aromatic nitrogens is 2. The highest BCUT2D eigenvalue weighted by Gasteiger charge is 2.15. The maximum atomic E-state index is 11.9. The number of rotatable bonds is 4. The first-order valence-electron chi connectivity index (χ1n) is 6.58. The first-order valence-corrected chi connectivity index (χ1v) is 7.40. The number of benzene rings is 1. The lowest BCUT2D eigenvalue weighted by Gasteiger charge is -2.14. The van der Waals surface area contributed by atoms with Gasteiger partial charge in [-0.1, -0.05) is 62.4 Å². The number of hydrogen-bond acceptors (Lipinski definition) is 4. The number of carbonyl (C=O) groups excluding carboxylic acids is 1. The second kappa shape index (κ2) is 6.13. The molecule has 0 radical (unpaired) electrons. The van der Waals surface area contributed by atoms with Crippen molar-refractivity contribution in [1.29, 1.82) is 0 Å². The Morgan fingerprint density at radius 2 is 1.90 bits per heavy atom. The van der Waals surface area contributed by atoms with Crippen molar-refractivity contribution in [2.75, 3.05) is 5.32 Å². The summed E-state index contributed by atoms with van der Waals surface area (Å²) < 4.78 is 0. The lowest BCUT2D eigenvalue weighted by Crippen LogP contribution is -2.14. The van der Waals surface area contributed by atoms with Crippen LogP contribution >= 0.6 is 11.3 Å². The van der Waals surface area contributed by atoms with Gasteiger partial charge in [-0.2, -0.15) is 0 Å². The highest BCUT2D eigenvalue weighted by atomic mass is 32.1. The first kappa shape index (κ1) is 14.7. The predicted molar refractivity (Wildman–Crippen MR) is 81.8 cm³/mol. The van der Waals surface area contributed by atoms with Gasteiger partial charge in [-0.25, -0.2) is 0 Å². The van der Waals surface area contributed by atoms with Crippen molar-refractivity contribution in [1.82, 2.24) is 10.2 Å². The number of carbonyl (C=O) groups is 1. The van der Waals surface area contributed by atoms with E-state index in [0.29, 0.717) is 11.6 Å². The molecule has 1 aromatic carbocycles. The minimum Gasteiger partial charge on any atom is -0.300 e. The van der Waals surface area contributed by atoms with Gasteiger partial charge in [0.15, 0.2) is 0 Å². The molecule has 0 saturated carbocycles. The molecule has 0 aliphatic heterocycles. The van der Waals surface area contributed by atoms with Crippen LogP contribution in [0.4, 0.5) is 5.13 Å². The minimum atomic E-state index is -0.0605. The normalized spacial score (nSPS) is 11.3. The maximum Gasteiger partial charge on any atom is 0.230 e. The van der Waals surface area contributed by atoms with Crippen LogP contribution in [0, 0.1) is 5.41 Å². The summed E-state index contributed by atoms with van der Waals surface area (Å²) in [6.45, 7) is 6.46. The molecule has 1 N–H and O–H groups in total. The highest BCUT2D eigenvalue weighted by molar-refractivity contribution is 7.15. The van der Waals surface area contributed by atoms with Gasteiger partial charge in [0.2, 0.25) is 11.0 Å². The van der Waals surface area contributed by atoms with E-state index in [1.807, 2.05) is 30.3 Å². The average Bonchev–Trinajstić information content (AvgIpc) is 2.75. The van der Waals surface area contributed by atoms with Gasteiger partial charge in [0.25, 0.3) is 0 Å². The molecule has 1 aromatic heterocycles. The van der Waals surface area contributed by atoms with Gasteiger partial charge < -0.3 is 5.32 Å². The van der Waals surface area contributed by atoms with Crippen LogP contribution in [0.3, 0.4) is 0 Å². The quantitative estimate of drug-likeness (QED) is 0.939. The Balaban J connectivity index is 1.92. The molecule has 0 aliphatic carbocycles. The summed E-state index contributed by atoms with van der Waals surface area (Å²) in [6, 6.07) is 9.66. The summed E-state index contributed by atoms with van der Waals surface area (Å²) >= 11 is 1.44. The van der Waals surface area contributed by atoms with Gasteiger partial charge in [-0.05, 0) is 11.0 Å². The third kappa shape index (κ3) is 4.74. The van der Waals surface area contributed by atoms with Crippen molar-refractivity contribution in [3.05, 3.63) is 40.9 Å². The molecule has 1 heterocycles. The second-order valence-corrected chi connectivity index (χ2v) is 7.01. The Morgan fingerprint density at radius 1 is 1.20 bits per heavy atom. The highest BCUT2D eigenvalue weighted by Crippen LogP contribution is 2.24. The second-order valence-electron chi connectivity index (χ2n) is 5.95. The summed E-state index contributed by atoms with van der Waals surface area (Å²) in [7, 11) is 0. The van der Waals surface area contributed by atoms with Gasteiger partial charge in [-0.15, -0.1) is 10.2 Å². The Labute approximate surface area is 123 Å². The molecule has 20 heavy (non-hydrogen) atoms. The fourth-order valence-corrected chi connectivity index (χ4v) is 2.83. The molecule has 1 amide bonds. The number of hydrogen-bond donors (Lipinski definition) is 1. The molecule has 0 fully saturated rings. The molecule has 5 heteroatoms. The van der Waals surface area contributed by atoms with Crippen LogP contribution in [0.5, 0.6) is 0 Å². The van der Waals surface area contributed by atoms with Crippen molar-refractivity contribution in [3.8, 4) is 0 Å². The first-order chi connectivity index (χ1) is 9.42. The molecule has 2 aromatic rings. The Morgan fingerprint density at radius 3 is 2.55 bits per heavy atom. The zero-order chi connectivity index (χ0) is 14.6. The summed E-state index contributed by atoms with van der Waals surface area (Å²) in [5.74, 6) is -0.0605. The predicted octanol–water partition coefficient (Wildman–Crippen LogP) is 3.31. The summed E-state index contributed by atoms with van der Waals surface area (Å²) in [5.41, 5.74) is 1.16. The van der Waals surface area contributed by atoms with Gasteiger partial charge in [0.1, 0.15) is 5.01 Å². The number of amides is 1. The molecule has 106 valence electrons. The van der Waals surface area contributed by atoms with E-state index in [-0.39, 0.29) is 11.3 Å². The lowest BCUT2D eigenvalue weighted by molar-refractivity contribution is -0.115. The van der Waals surface area contributed by atoms with E-state index >= 15 is 0 Å². The molecular formula is C15H19N3OS. The van der Waals surface area contributed by atoms with Gasteiger partial charge in [-0.3, -0.25) is 4.79 Å². The van der Waals surface area contributed by atoms with Gasteiger partial charge in [0.05, 0.1) is 6.42 Å². The van der Waals surface area contributed by atoms with E-state index in [4.69, 9.17) is 0 Å². The molecule has 0 unspecified atom stereocenters. The van der Waals surface area contributed by atoms with E-state index < -0.39 is 0 Å². The van der Waals surface area contributed by atoms with Crippen LogP contribution in [0.1, 0.15) is 31.3 Å². The van der Waals surface area contributed by atoms with E-state index in [1.165, 1.54) is 11.3 Å². The molecule has 0 bridgehead atoms. The molecule has 0 aliphatic rings. The molecular weight excluding hydrogens is 270 g/mol. The van der Waals surface area contributed by atoms with Crippen LogP contribution in [-0.4, -0.2) is 16.1 Å². The number of anilines is 1. The van der Waals surface area contributed by atoms with Crippen molar-refractivity contribution < 1.29 is 4.79 Å². The molecule has 0 atom stereocenters. The van der Waals surface area contributed by atoms with Crippen molar-refractivity contribution in [2.45, 2.75) is 33.6 Å². The fourth-order valence-electron chi connectivity index (χ4n) is 1.77. The summed E-state index contributed by atoms with van der Waals surface area (Å²) in [6.07, 6.45) is 1.22. The number of nitrogens with one attached hydrogen (secondary N) is 1. The average molecular weight is 289 g/mol. The van der Waals surface area contributed by atoms with Crippen molar-refractivity contribution in [3.63, 3.8) is 0 Å². The smallest absolute Gasteiger partial charge is 0.230 e. The van der Waals surface area contributed by atoms with E-state index in [9.17, 15) is 4.79 Å². The van der Waals surface area contributed by atoms with Crippen LogP contribution in [-0.2, 0) is 17.6 Å². The monoisotopic (exact) mass is 289 g/mol. The van der Waals surface area contributed by atoms with Gasteiger partial charge >= 0.3 is 0 Å². The zero-order valence-corrected chi connectivity index (χ0v) is 12.8. The van der Waals surface area contributed by atoms with Crippen molar-refractivity contribution >= 4 is 22.4 Å². The third-order valence-electron chi connectivity index (χ3n) is 2.60. The van der Waals surface area contributed by atoms with Crippen LogP contribution in [0.25, 0.3) is 0 Å². The molecule has 2 rings (SSSR count). The van der Waals surface area contributed by atoms with Crippen LogP contribution < -0.4 is 5.32 Å². The maximum absolute atomic E-state index is 11.9. The van der Waals surface area contributed by atoms with Gasteiger partial charge in [0, 0.05) is 6.42 Å². The zero-order valence-electron chi connectivity index (χ0n) is 12.0. The molecule has 4 nitrogen and oxygen atoms in total. The SMILES string of the molecule is CC(C)(C)Cc1nnc(NC(=O)Cc2ccccc2)s1. The Bertz CT molecular complexity index is 572. The Kier molecular flexibility index (Phi) is 4.49. The van der Waals surface area contributed by atoms with E-state index in [0.717, 1.165) is 17.0 Å². The van der Waals surface area contributed by atoms with Crippen LogP contribution in [0.15, 0.2) is 30.3 Å². The lowest BCUT2D eigenvalue weighted by atomic mass is 9.93. The third-order valence-corrected chi connectivity index (χ3v) is 3.44. The standard InChI is InChI=1S/C15H19N3OS/c1-15(2,3)10-13-17-18-14(20-13)16-12(19)9-11-7-5-4-6-8-11/h4-8H,9-10H2,1-3H3,(H,16,18,19). The number of nitrogens with zero attached hydrogens (tertiary/aromatic N) is 2. The fraction of sp³-hybridized carbons (Fsp3) is 0.400. The minimum absolute atomic E-state index is 0.0605. The molecule has 0 saturated heterocycles.